The molecule has 1 rings (SSSR count). The maximum Gasteiger partial charge on any atom is 0.256 e. The molecule has 1 aromatic carbocycles. The molecule has 125 valence electrons. The fourth-order valence-electron chi connectivity index (χ4n) is 2.76. The second kappa shape index (κ2) is 7.48. The van der Waals surface area contributed by atoms with Gasteiger partial charge in [0, 0.05) is 0 Å². The molecule has 0 aliphatic carbocycles. The molecule has 0 atom stereocenters. The zero-order valence-electron chi connectivity index (χ0n) is 13.7. The van der Waals surface area contributed by atoms with Crippen molar-refractivity contribution >= 4 is 8.32 Å². The SMILES string of the molecule is CCCC[Si](Oc1c(F)[c]c(F)c(F)c1F)(C(C)C)C(C)C. The Morgan fingerprint density at radius 1 is 0.955 bits per heavy atom. The van der Waals surface area contributed by atoms with Gasteiger partial charge in [0.15, 0.2) is 23.2 Å². The molecule has 0 saturated heterocycles. The summed E-state index contributed by atoms with van der Waals surface area (Å²) in [5.41, 5.74) is 0.150. The maximum absolute atomic E-state index is 13.9. The van der Waals surface area contributed by atoms with E-state index in [0.29, 0.717) is 6.04 Å². The Labute approximate surface area is 130 Å². The van der Waals surface area contributed by atoms with Gasteiger partial charge < -0.3 is 4.43 Å². The van der Waals surface area contributed by atoms with Gasteiger partial charge in [-0.25, -0.2) is 13.2 Å². The Morgan fingerprint density at radius 3 is 1.95 bits per heavy atom. The van der Waals surface area contributed by atoms with Gasteiger partial charge in [-0.2, -0.15) is 4.39 Å². The lowest BCUT2D eigenvalue weighted by Crippen LogP contribution is -2.48. The predicted molar refractivity (Wildman–Crippen MR) is 81.4 cm³/mol. The molecule has 0 saturated carbocycles. The molecular formula is C16H23F4OSi. The van der Waals surface area contributed by atoms with E-state index in [9.17, 15) is 17.6 Å². The summed E-state index contributed by atoms with van der Waals surface area (Å²) in [6, 6.07) is 2.26. The third kappa shape index (κ3) is 3.64. The first-order valence-electron chi connectivity index (χ1n) is 7.61. The highest BCUT2D eigenvalue weighted by Crippen LogP contribution is 2.41. The molecule has 0 bridgehead atoms. The Hall–Kier alpha value is -1.04. The highest BCUT2D eigenvalue weighted by Gasteiger charge is 2.44. The van der Waals surface area contributed by atoms with E-state index in [4.69, 9.17) is 4.43 Å². The van der Waals surface area contributed by atoms with Crippen molar-refractivity contribution in [2.24, 2.45) is 0 Å². The zero-order chi connectivity index (χ0) is 17.1. The van der Waals surface area contributed by atoms with Gasteiger partial charge in [0.2, 0.25) is 5.82 Å². The van der Waals surface area contributed by atoms with Crippen LogP contribution >= 0.6 is 0 Å². The van der Waals surface area contributed by atoms with Crippen molar-refractivity contribution in [3.05, 3.63) is 29.3 Å². The topological polar surface area (TPSA) is 9.23 Å². The van der Waals surface area contributed by atoms with E-state index in [2.05, 4.69) is 0 Å². The van der Waals surface area contributed by atoms with Gasteiger partial charge in [0.25, 0.3) is 8.32 Å². The van der Waals surface area contributed by atoms with Crippen LogP contribution in [0.1, 0.15) is 47.5 Å². The summed E-state index contributed by atoms with van der Waals surface area (Å²) >= 11 is 0. The smallest absolute Gasteiger partial charge is 0.256 e. The number of hydrogen-bond acceptors (Lipinski definition) is 1. The lowest BCUT2D eigenvalue weighted by Gasteiger charge is -2.39. The van der Waals surface area contributed by atoms with Crippen LogP contribution in [0.3, 0.4) is 0 Å². The zero-order valence-corrected chi connectivity index (χ0v) is 14.7. The molecule has 0 aliphatic rings. The van der Waals surface area contributed by atoms with E-state index >= 15 is 0 Å². The normalized spacial score (nSPS) is 12.3. The first-order valence-corrected chi connectivity index (χ1v) is 9.88. The summed E-state index contributed by atoms with van der Waals surface area (Å²) < 4.78 is 60.0. The first kappa shape index (κ1) is 19.0. The molecule has 0 fully saturated rings. The van der Waals surface area contributed by atoms with Crippen LogP contribution < -0.4 is 4.43 Å². The van der Waals surface area contributed by atoms with Crippen molar-refractivity contribution < 1.29 is 22.0 Å². The summed E-state index contributed by atoms with van der Waals surface area (Å²) in [6.07, 6.45) is 1.78. The van der Waals surface area contributed by atoms with Crippen LogP contribution in [0.4, 0.5) is 17.6 Å². The largest absolute Gasteiger partial charge is 0.539 e. The van der Waals surface area contributed by atoms with Crippen molar-refractivity contribution in [3.8, 4) is 5.75 Å². The summed E-state index contributed by atoms with van der Waals surface area (Å²) in [7, 11) is -2.60. The summed E-state index contributed by atoms with van der Waals surface area (Å²) in [6.45, 7) is 9.80. The average molecular weight is 335 g/mol. The molecule has 1 aromatic rings. The second-order valence-corrected chi connectivity index (χ2v) is 11.1. The van der Waals surface area contributed by atoms with E-state index in [0.717, 1.165) is 12.8 Å². The first-order chi connectivity index (χ1) is 10.2. The molecule has 1 nitrogen and oxygen atoms in total. The van der Waals surface area contributed by atoms with Crippen LogP contribution in [0.15, 0.2) is 0 Å². The molecule has 0 spiro atoms. The van der Waals surface area contributed by atoms with E-state index in [1.54, 1.807) is 6.07 Å². The van der Waals surface area contributed by atoms with Gasteiger partial charge >= 0.3 is 0 Å². The van der Waals surface area contributed by atoms with E-state index < -0.39 is 37.3 Å². The van der Waals surface area contributed by atoms with Crippen LogP contribution in [0.25, 0.3) is 0 Å². The Morgan fingerprint density at radius 2 is 1.50 bits per heavy atom. The number of halogens is 4. The monoisotopic (exact) mass is 335 g/mol. The van der Waals surface area contributed by atoms with Gasteiger partial charge in [0.1, 0.15) is 0 Å². The van der Waals surface area contributed by atoms with Crippen molar-refractivity contribution in [2.75, 3.05) is 0 Å². The number of rotatable bonds is 7. The standard InChI is InChI=1S/C16H23F4OSi/c1-6-7-8-22(10(2)3,11(4)5)21-16-13(18)9-12(17)14(19)15(16)20/h10-11H,6-8H2,1-5H3. The van der Waals surface area contributed by atoms with Crippen LogP contribution in [0.5, 0.6) is 5.75 Å². The lowest BCUT2D eigenvalue weighted by molar-refractivity contribution is 0.376. The number of hydrogen-bond donors (Lipinski definition) is 0. The third-order valence-corrected chi connectivity index (χ3v) is 9.80. The molecule has 0 aromatic heterocycles. The molecule has 1 radical (unpaired) electrons. The van der Waals surface area contributed by atoms with Gasteiger partial charge in [-0.15, -0.1) is 0 Å². The Balaban J connectivity index is 3.34. The van der Waals surface area contributed by atoms with E-state index in [1.807, 2.05) is 34.6 Å². The summed E-state index contributed by atoms with van der Waals surface area (Å²) in [5.74, 6) is -7.17. The van der Waals surface area contributed by atoms with Crippen LogP contribution in [-0.2, 0) is 0 Å². The number of unbranched alkanes of at least 4 members (excludes halogenated alkanes) is 1. The average Bonchev–Trinajstić information content (AvgIpc) is 2.43. The van der Waals surface area contributed by atoms with Crippen molar-refractivity contribution in [1.29, 1.82) is 0 Å². The highest BCUT2D eigenvalue weighted by atomic mass is 28.4. The predicted octanol–water partition coefficient (Wildman–Crippen LogP) is 5.99. The molecule has 0 amide bonds. The van der Waals surface area contributed by atoms with Gasteiger partial charge in [-0.1, -0.05) is 47.5 Å². The van der Waals surface area contributed by atoms with Gasteiger partial charge in [0.05, 0.1) is 6.07 Å². The van der Waals surface area contributed by atoms with Gasteiger partial charge in [-0.3, -0.25) is 0 Å². The van der Waals surface area contributed by atoms with E-state index in [1.165, 1.54) is 0 Å². The molecule has 22 heavy (non-hydrogen) atoms. The molecular weight excluding hydrogens is 312 g/mol. The fraction of sp³-hybridized carbons (Fsp3) is 0.625. The summed E-state index contributed by atoms with van der Waals surface area (Å²) in [5, 5.41) is 0. The molecule has 0 N–H and O–H groups in total. The van der Waals surface area contributed by atoms with Crippen molar-refractivity contribution in [2.45, 2.75) is 64.6 Å². The number of benzene rings is 1. The highest BCUT2D eigenvalue weighted by molar-refractivity contribution is 6.77. The Bertz CT molecular complexity index is 509. The lowest BCUT2D eigenvalue weighted by atomic mass is 10.3. The van der Waals surface area contributed by atoms with Crippen LogP contribution in [0, 0.1) is 29.3 Å². The molecule has 0 heterocycles. The minimum Gasteiger partial charge on any atom is -0.539 e. The quantitative estimate of drug-likeness (QED) is 0.257. The molecule has 0 unspecified atom stereocenters. The fourth-order valence-corrected chi connectivity index (χ4v) is 7.29. The minimum absolute atomic E-state index is 0.0750. The van der Waals surface area contributed by atoms with E-state index in [-0.39, 0.29) is 11.1 Å². The van der Waals surface area contributed by atoms with Gasteiger partial charge in [-0.05, 0) is 17.1 Å². The summed E-state index contributed by atoms with van der Waals surface area (Å²) in [4.78, 5) is 0. The van der Waals surface area contributed by atoms with Crippen molar-refractivity contribution in [1.82, 2.24) is 0 Å². The molecule has 0 aliphatic heterocycles. The van der Waals surface area contributed by atoms with Crippen LogP contribution in [-0.4, -0.2) is 8.32 Å². The van der Waals surface area contributed by atoms with Crippen LogP contribution in [0.2, 0.25) is 17.1 Å². The maximum atomic E-state index is 13.9. The van der Waals surface area contributed by atoms with Crippen molar-refractivity contribution in [3.63, 3.8) is 0 Å². The third-order valence-electron chi connectivity index (χ3n) is 4.17. The molecule has 6 heteroatoms. The minimum atomic E-state index is -2.60. The Kier molecular flexibility index (Phi) is 6.46. The second-order valence-electron chi connectivity index (χ2n) is 6.18.